The molecule has 0 bridgehead atoms. The Morgan fingerprint density at radius 1 is 1.40 bits per heavy atom. The topological polar surface area (TPSA) is 100 Å². The number of carboxylic acid groups (broad SMARTS) is 1. The third-order valence-electron chi connectivity index (χ3n) is 3.89. The van der Waals surface area contributed by atoms with E-state index in [0.29, 0.717) is 29.4 Å². The normalized spacial score (nSPS) is 17.1. The van der Waals surface area contributed by atoms with Gasteiger partial charge in [-0.25, -0.2) is 9.67 Å². The Hall–Kier alpha value is -2.16. The van der Waals surface area contributed by atoms with E-state index in [2.05, 4.69) is 15.4 Å². The highest BCUT2D eigenvalue weighted by atomic mass is 35.5. The molecular weight excluding hydrogens is 369 g/mol. The van der Waals surface area contributed by atoms with E-state index in [1.165, 1.54) is 17.3 Å². The molecule has 1 aliphatic heterocycles. The van der Waals surface area contributed by atoms with Crippen LogP contribution in [0.4, 0.5) is 5.69 Å². The summed E-state index contributed by atoms with van der Waals surface area (Å²) in [4.78, 5) is 29.1. The van der Waals surface area contributed by atoms with E-state index in [-0.39, 0.29) is 24.9 Å². The monoisotopic (exact) mass is 385 g/mol. The highest BCUT2D eigenvalue weighted by Gasteiger charge is 2.31. The molecule has 1 saturated heterocycles. The number of benzene rings is 1. The van der Waals surface area contributed by atoms with Gasteiger partial charge in [0.1, 0.15) is 18.7 Å². The molecule has 1 aromatic carbocycles. The van der Waals surface area contributed by atoms with E-state index in [1.807, 2.05) is 0 Å². The lowest BCUT2D eigenvalue weighted by Crippen LogP contribution is -2.41. The molecule has 0 radical (unpaired) electrons. The van der Waals surface area contributed by atoms with Crippen LogP contribution < -0.4 is 5.32 Å². The smallest absolute Gasteiger partial charge is 0.320 e. The van der Waals surface area contributed by atoms with Crippen LogP contribution >= 0.6 is 24.0 Å². The minimum Gasteiger partial charge on any atom is -0.480 e. The first-order valence-electron chi connectivity index (χ1n) is 7.46. The minimum absolute atomic E-state index is 0. The molecule has 25 heavy (non-hydrogen) atoms. The van der Waals surface area contributed by atoms with Crippen molar-refractivity contribution in [3.63, 3.8) is 0 Å². The molecule has 134 valence electrons. The van der Waals surface area contributed by atoms with Crippen LogP contribution in [-0.4, -0.2) is 55.8 Å². The molecule has 2 N–H and O–H groups in total. The number of carboxylic acids is 1. The molecule has 1 fully saturated rings. The number of likely N-dealkylation sites (tertiary alicyclic amines) is 1. The number of nitrogens with zero attached hydrogens (tertiary/aromatic N) is 4. The summed E-state index contributed by atoms with van der Waals surface area (Å²) < 4.78 is 1.52. The quantitative estimate of drug-likeness (QED) is 0.813. The van der Waals surface area contributed by atoms with Gasteiger partial charge < -0.3 is 10.4 Å². The van der Waals surface area contributed by atoms with Crippen molar-refractivity contribution in [3.8, 4) is 5.69 Å². The van der Waals surface area contributed by atoms with Crippen LogP contribution in [0.1, 0.15) is 12.8 Å². The van der Waals surface area contributed by atoms with Gasteiger partial charge in [-0.1, -0.05) is 11.6 Å². The fraction of sp³-hybridized carbons (Fsp3) is 0.333. The number of hydrogen-bond donors (Lipinski definition) is 2. The largest absolute Gasteiger partial charge is 0.480 e. The van der Waals surface area contributed by atoms with E-state index in [4.69, 9.17) is 11.6 Å². The molecule has 2 aromatic rings. The summed E-state index contributed by atoms with van der Waals surface area (Å²) in [5.41, 5.74) is 1.12. The number of rotatable bonds is 5. The molecule has 10 heteroatoms. The molecule has 2 heterocycles. The summed E-state index contributed by atoms with van der Waals surface area (Å²) >= 11 is 6.01. The molecule has 1 aromatic heterocycles. The number of anilines is 1. The molecule has 0 spiro atoms. The summed E-state index contributed by atoms with van der Waals surface area (Å²) in [6, 6.07) is 4.43. The summed E-state index contributed by atoms with van der Waals surface area (Å²) in [6.07, 6.45) is 4.23. The van der Waals surface area contributed by atoms with Crippen molar-refractivity contribution >= 4 is 41.6 Å². The number of amides is 1. The van der Waals surface area contributed by atoms with Crippen LogP contribution in [0, 0.1) is 0 Å². The molecule has 1 atom stereocenters. The summed E-state index contributed by atoms with van der Waals surface area (Å²) in [5, 5.41) is 16.5. The van der Waals surface area contributed by atoms with Gasteiger partial charge in [-0.15, -0.1) is 12.4 Å². The molecule has 8 nitrogen and oxygen atoms in total. The number of aromatic nitrogens is 3. The van der Waals surface area contributed by atoms with E-state index in [0.717, 1.165) is 6.42 Å². The number of hydrogen-bond acceptors (Lipinski definition) is 5. The zero-order valence-electron chi connectivity index (χ0n) is 13.1. The maximum absolute atomic E-state index is 12.3. The highest BCUT2D eigenvalue weighted by Crippen LogP contribution is 2.24. The lowest BCUT2D eigenvalue weighted by atomic mass is 10.2. The van der Waals surface area contributed by atoms with Gasteiger partial charge in [-0.05, 0) is 37.6 Å². The SMILES string of the molecule is Cl.O=C(CN1CCCC1C(=O)O)Nc1cc(Cl)ccc1-n1cncn1. The van der Waals surface area contributed by atoms with E-state index >= 15 is 0 Å². The first kappa shape index (κ1) is 19.2. The Bertz CT molecular complexity index is 754. The van der Waals surface area contributed by atoms with Crippen molar-refractivity contribution in [2.45, 2.75) is 18.9 Å². The molecular formula is C15H17Cl2N5O3. The Morgan fingerprint density at radius 2 is 2.20 bits per heavy atom. The Balaban J connectivity index is 0.00000225. The fourth-order valence-corrected chi connectivity index (χ4v) is 2.98. The van der Waals surface area contributed by atoms with Crippen molar-refractivity contribution in [3.05, 3.63) is 35.9 Å². The van der Waals surface area contributed by atoms with E-state index in [9.17, 15) is 14.7 Å². The zero-order chi connectivity index (χ0) is 17.1. The number of aliphatic carboxylic acids is 1. The van der Waals surface area contributed by atoms with Gasteiger partial charge in [0.2, 0.25) is 5.91 Å². The molecule has 1 aliphatic rings. The van der Waals surface area contributed by atoms with Gasteiger partial charge in [0.05, 0.1) is 17.9 Å². The maximum Gasteiger partial charge on any atom is 0.320 e. The van der Waals surface area contributed by atoms with E-state index in [1.54, 1.807) is 23.1 Å². The Morgan fingerprint density at radius 3 is 2.88 bits per heavy atom. The van der Waals surface area contributed by atoms with Crippen LogP contribution in [0.15, 0.2) is 30.9 Å². The third-order valence-corrected chi connectivity index (χ3v) is 4.13. The lowest BCUT2D eigenvalue weighted by molar-refractivity contribution is -0.142. The van der Waals surface area contributed by atoms with Crippen molar-refractivity contribution in [1.82, 2.24) is 19.7 Å². The maximum atomic E-state index is 12.3. The second kappa shape index (κ2) is 8.28. The third kappa shape index (κ3) is 4.47. The van der Waals surface area contributed by atoms with Crippen molar-refractivity contribution in [2.75, 3.05) is 18.4 Å². The standard InChI is InChI=1S/C15H16ClN5O3.ClH/c16-10-3-4-12(21-9-17-8-18-21)11(6-10)19-14(22)7-20-5-1-2-13(20)15(23)24;/h3-4,6,8-9,13H,1-2,5,7H2,(H,19,22)(H,23,24);1H. The average Bonchev–Trinajstić information content (AvgIpc) is 3.18. The van der Waals surface area contributed by atoms with Gasteiger partial charge in [-0.3, -0.25) is 14.5 Å². The Kier molecular flexibility index (Phi) is 6.35. The Labute approximate surface area is 155 Å². The van der Waals surface area contributed by atoms with E-state index < -0.39 is 12.0 Å². The first-order chi connectivity index (χ1) is 11.5. The van der Waals surface area contributed by atoms with Crippen LogP contribution in [0.3, 0.4) is 0 Å². The van der Waals surface area contributed by atoms with Gasteiger partial charge >= 0.3 is 5.97 Å². The zero-order valence-corrected chi connectivity index (χ0v) is 14.7. The number of carbonyl (C=O) groups excluding carboxylic acids is 1. The minimum atomic E-state index is -0.897. The van der Waals surface area contributed by atoms with Crippen molar-refractivity contribution < 1.29 is 14.7 Å². The summed E-state index contributed by atoms with van der Waals surface area (Å²) in [5.74, 6) is -1.20. The van der Waals surface area contributed by atoms with Crippen LogP contribution in [0.5, 0.6) is 0 Å². The average molecular weight is 386 g/mol. The van der Waals surface area contributed by atoms with Crippen molar-refractivity contribution in [2.24, 2.45) is 0 Å². The molecule has 1 unspecified atom stereocenters. The highest BCUT2D eigenvalue weighted by molar-refractivity contribution is 6.31. The van der Waals surface area contributed by atoms with Gasteiger partial charge in [-0.2, -0.15) is 5.10 Å². The molecule has 0 saturated carbocycles. The molecule has 0 aliphatic carbocycles. The van der Waals surface area contributed by atoms with Crippen LogP contribution in [0.25, 0.3) is 5.69 Å². The van der Waals surface area contributed by atoms with Crippen LogP contribution in [0.2, 0.25) is 5.02 Å². The number of halogens is 2. The summed E-state index contributed by atoms with van der Waals surface area (Å²) in [6.45, 7) is 0.607. The van der Waals surface area contributed by atoms with Gasteiger partial charge in [0.15, 0.2) is 0 Å². The second-order valence-corrected chi connectivity index (χ2v) is 5.95. The lowest BCUT2D eigenvalue weighted by Gasteiger charge is -2.20. The number of nitrogens with one attached hydrogen (secondary N) is 1. The van der Waals surface area contributed by atoms with Gasteiger partial charge in [0.25, 0.3) is 0 Å². The summed E-state index contributed by atoms with van der Waals surface area (Å²) in [7, 11) is 0. The predicted octanol–water partition coefficient (Wildman–Crippen LogP) is 1.83. The predicted molar refractivity (Wildman–Crippen MR) is 94.5 cm³/mol. The van der Waals surface area contributed by atoms with Gasteiger partial charge in [0, 0.05) is 5.02 Å². The van der Waals surface area contributed by atoms with Crippen LogP contribution in [-0.2, 0) is 9.59 Å². The first-order valence-corrected chi connectivity index (χ1v) is 7.83. The van der Waals surface area contributed by atoms with Crippen molar-refractivity contribution in [1.29, 1.82) is 0 Å². The fourth-order valence-electron chi connectivity index (χ4n) is 2.81. The number of carbonyl (C=O) groups is 2. The molecule has 1 amide bonds. The second-order valence-electron chi connectivity index (χ2n) is 5.52. The molecule has 3 rings (SSSR count).